The van der Waals surface area contributed by atoms with Gasteiger partial charge in [-0.05, 0) is 76.6 Å². The zero-order chi connectivity index (χ0) is 16.4. The van der Waals surface area contributed by atoms with Crippen molar-refractivity contribution < 1.29 is 4.79 Å². The van der Waals surface area contributed by atoms with Crippen molar-refractivity contribution in [1.82, 2.24) is 4.90 Å². The number of rotatable bonds is 4. The normalized spacial score (nSPS) is 25.7. The number of hydrogen-bond acceptors (Lipinski definition) is 2. The summed E-state index contributed by atoms with van der Waals surface area (Å²) in [6.07, 6.45) is 8.59. The Morgan fingerprint density at radius 1 is 1.00 bits per heavy atom. The average molecular weight is 313 g/mol. The predicted octanol–water partition coefficient (Wildman–Crippen LogP) is 4.84. The highest BCUT2D eigenvalue weighted by atomic mass is 16.1. The van der Waals surface area contributed by atoms with E-state index >= 15 is 0 Å². The van der Waals surface area contributed by atoms with E-state index in [9.17, 15) is 4.79 Å². The van der Waals surface area contributed by atoms with Gasteiger partial charge in [-0.3, -0.25) is 4.79 Å². The van der Waals surface area contributed by atoms with Gasteiger partial charge in [-0.25, -0.2) is 0 Å². The lowest BCUT2D eigenvalue weighted by Gasteiger charge is -2.38. The molecule has 1 heterocycles. The number of nitrogens with zero attached hydrogens (tertiary/aromatic N) is 1. The second kappa shape index (κ2) is 7.17. The molecule has 0 aromatic heterocycles. The maximum Gasteiger partial charge on any atom is 0.163 e. The van der Waals surface area contributed by atoms with Crippen LogP contribution in [0.5, 0.6) is 0 Å². The summed E-state index contributed by atoms with van der Waals surface area (Å²) in [7, 11) is 0. The maximum atomic E-state index is 13.0. The largest absolute Gasteiger partial charge is 0.300 e. The van der Waals surface area contributed by atoms with Gasteiger partial charge in [0.1, 0.15) is 0 Å². The van der Waals surface area contributed by atoms with E-state index in [1.165, 1.54) is 57.2 Å². The number of aryl methyl sites for hydroxylation is 3. The van der Waals surface area contributed by atoms with Gasteiger partial charge < -0.3 is 4.90 Å². The molecule has 1 aromatic rings. The number of benzene rings is 1. The first kappa shape index (κ1) is 16.7. The molecule has 126 valence electrons. The van der Waals surface area contributed by atoms with Crippen LogP contribution in [0.1, 0.15) is 72.0 Å². The quantitative estimate of drug-likeness (QED) is 0.741. The molecule has 0 spiro atoms. The molecule has 0 bridgehead atoms. The van der Waals surface area contributed by atoms with E-state index in [4.69, 9.17) is 0 Å². The Labute approximate surface area is 141 Å². The molecule has 0 N–H and O–H groups in total. The van der Waals surface area contributed by atoms with Crippen molar-refractivity contribution in [3.05, 3.63) is 34.4 Å². The molecular formula is C21H31NO. The van der Waals surface area contributed by atoms with Gasteiger partial charge in [-0.15, -0.1) is 0 Å². The second-order valence-electron chi connectivity index (χ2n) is 7.76. The van der Waals surface area contributed by atoms with Crippen molar-refractivity contribution >= 4 is 5.78 Å². The summed E-state index contributed by atoms with van der Waals surface area (Å²) in [4.78, 5) is 15.7. The lowest BCUT2D eigenvalue weighted by molar-refractivity contribution is 0.0845. The number of hydrogen-bond donors (Lipinski definition) is 0. The number of carbonyl (C=O) groups excluding carboxylic acids is 1. The molecule has 1 aliphatic heterocycles. The molecule has 2 atom stereocenters. The summed E-state index contributed by atoms with van der Waals surface area (Å²) in [5, 5.41) is 0. The van der Waals surface area contributed by atoms with Gasteiger partial charge in [0.05, 0.1) is 0 Å². The molecule has 1 saturated carbocycles. The highest BCUT2D eigenvalue weighted by Crippen LogP contribution is 2.34. The fourth-order valence-electron chi connectivity index (χ4n) is 4.94. The van der Waals surface area contributed by atoms with E-state index in [1.807, 2.05) is 0 Å². The van der Waals surface area contributed by atoms with Crippen LogP contribution in [0.2, 0.25) is 0 Å². The zero-order valence-corrected chi connectivity index (χ0v) is 15.0. The topological polar surface area (TPSA) is 20.3 Å². The zero-order valence-electron chi connectivity index (χ0n) is 15.0. The van der Waals surface area contributed by atoms with Crippen LogP contribution in [-0.4, -0.2) is 29.8 Å². The van der Waals surface area contributed by atoms with E-state index in [-0.39, 0.29) is 0 Å². The van der Waals surface area contributed by atoms with Crippen LogP contribution >= 0.6 is 0 Å². The van der Waals surface area contributed by atoms with Crippen LogP contribution in [0.3, 0.4) is 0 Å². The van der Waals surface area contributed by atoms with Crippen molar-refractivity contribution in [1.29, 1.82) is 0 Å². The van der Waals surface area contributed by atoms with E-state index in [0.29, 0.717) is 17.7 Å². The van der Waals surface area contributed by atoms with Gasteiger partial charge in [0, 0.05) is 18.0 Å². The molecule has 1 saturated heterocycles. The highest BCUT2D eigenvalue weighted by Gasteiger charge is 2.33. The van der Waals surface area contributed by atoms with E-state index < -0.39 is 0 Å². The van der Waals surface area contributed by atoms with Gasteiger partial charge in [-0.2, -0.15) is 0 Å². The second-order valence-corrected chi connectivity index (χ2v) is 7.76. The van der Waals surface area contributed by atoms with Crippen molar-refractivity contribution in [2.75, 3.05) is 13.1 Å². The molecule has 2 aliphatic rings. The van der Waals surface area contributed by atoms with E-state index in [1.54, 1.807) is 0 Å². The van der Waals surface area contributed by atoms with Crippen LogP contribution in [-0.2, 0) is 0 Å². The SMILES string of the molecule is Cc1cc(C)c(C(=O)C[C@H]2CCCC[C@H]2N2CCCC2)c(C)c1. The molecule has 2 heteroatoms. The summed E-state index contributed by atoms with van der Waals surface area (Å²) in [5.41, 5.74) is 4.55. The minimum Gasteiger partial charge on any atom is -0.300 e. The first-order valence-electron chi connectivity index (χ1n) is 9.41. The van der Waals surface area contributed by atoms with E-state index in [2.05, 4.69) is 37.8 Å². The standard InChI is InChI=1S/C21H31NO/c1-15-12-16(2)21(17(3)13-15)20(23)14-18-8-4-5-9-19(18)22-10-6-7-11-22/h12-13,18-19H,4-11,14H2,1-3H3/t18-,19-/m1/s1. The summed E-state index contributed by atoms with van der Waals surface area (Å²) in [6, 6.07) is 4.96. The number of Topliss-reactive ketones (excluding diaryl/α,β-unsaturated/α-hetero) is 1. The van der Waals surface area contributed by atoms with Gasteiger partial charge >= 0.3 is 0 Å². The Balaban J connectivity index is 1.75. The van der Waals surface area contributed by atoms with Crippen molar-refractivity contribution in [2.45, 2.75) is 71.8 Å². The molecule has 0 radical (unpaired) electrons. The lowest BCUT2D eigenvalue weighted by atomic mass is 9.79. The highest BCUT2D eigenvalue weighted by molar-refractivity contribution is 5.99. The third-order valence-corrected chi connectivity index (χ3v) is 5.88. The number of ketones is 1. The minimum atomic E-state index is 0.371. The van der Waals surface area contributed by atoms with Crippen molar-refractivity contribution in [3.8, 4) is 0 Å². The molecule has 2 fully saturated rings. The third kappa shape index (κ3) is 3.68. The Bertz CT molecular complexity index is 548. The molecule has 23 heavy (non-hydrogen) atoms. The average Bonchev–Trinajstić information content (AvgIpc) is 3.00. The smallest absolute Gasteiger partial charge is 0.163 e. The van der Waals surface area contributed by atoms with E-state index in [0.717, 1.165) is 23.1 Å². The lowest BCUT2D eigenvalue weighted by Crippen LogP contribution is -2.41. The van der Waals surface area contributed by atoms with Crippen LogP contribution < -0.4 is 0 Å². The molecule has 0 amide bonds. The molecule has 2 nitrogen and oxygen atoms in total. The van der Waals surface area contributed by atoms with Gasteiger partial charge in [0.2, 0.25) is 0 Å². The summed E-state index contributed by atoms with van der Waals surface area (Å²) >= 11 is 0. The monoisotopic (exact) mass is 313 g/mol. The van der Waals surface area contributed by atoms with Crippen LogP contribution in [0.4, 0.5) is 0 Å². The first-order valence-corrected chi connectivity index (χ1v) is 9.41. The Kier molecular flexibility index (Phi) is 5.21. The van der Waals surface area contributed by atoms with Crippen LogP contribution in [0.25, 0.3) is 0 Å². The van der Waals surface area contributed by atoms with Crippen molar-refractivity contribution in [2.24, 2.45) is 5.92 Å². The molecular weight excluding hydrogens is 282 g/mol. The summed E-state index contributed by atoms with van der Waals surface area (Å²) in [5.74, 6) is 0.936. The summed E-state index contributed by atoms with van der Waals surface area (Å²) < 4.78 is 0. The molecule has 1 aliphatic carbocycles. The Hall–Kier alpha value is -1.15. The van der Waals surface area contributed by atoms with Crippen molar-refractivity contribution in [3.63, 3.8) is 0 Å². The Morgan fingerprint density at radius 2 is 1.61 bits per heavy atom. The Morgan fingerprint density at radius 3 is 2.26 bits per heavy atom. The molecule has 1 aromatic carbocycles. The van der Waals surface area contributed by atoms with Gasteiger partial charge in [-0.1, -0.05) is 30.5 Å². The minimum absolute atomic E-state index is 0.371. The van der Waals surface area contributed by atoms with Gasteiger partial charge in [0.25, 0.3) is 0 Å². The molecule has 0 unspecified atom stereocenters. The van der Waals surface area contributed by atoms with Crippen LogP contribution in [0, 0.1) is 26.7 Å². The number of carbonyl (C=O) groups is 1. The summed E-state index contributed by atoms with van der Waals surface area (Å²) in [6.45, 7) is 8.78. The number of likely N-dealkylation sites (tertiary alicyclic amines) is 1. The van der Waals surface area contributed by atoms with Gasteiger partial charge in [0.15, 0.2) is 5.78 Å². The molecule has 3 rings (SSSR count). The third-order valence-electron chi connectivity index (χ3n) is 5.88. The maximum absolute atomic E-state index is 13.0. The predicted molar refractivity (Wildman–Crippen MR) is 96.2 cm³/mol. The first-order chi connectivity index (χ1) is 11.1. The van der Waals surface area contributed by atoms with Crippen LogP contribution in [0.15, 0.2) is 12.1 Å². The fraction of sp³-hybridized carbons (Fsp3) is 0.667. The fourth-order valence-corrected chi connectivity index (χ4v) is 4.94.